The quantitative estimate of drug-likeness (QED) is 0.639. The second-order valence-electron chi connectivity index (χ2n) is 2.69. The molecule has 0 aliphatic rings. The lowest BCUT2D eigenvalue weighted by atomic mass is 10.3. The number of nitrogens with zero attached hydrogens (tertiary/aromatic N) is 2. The van der Waals surface area contributed by atoms with Crippen LogP contribution in [0.3, 0.4) is 0 Å². The fourth-order valence-electron chi connectivity index (χ4n) is 1.11. The molecule has 0 fully saturated rings. The van der Waals surface area contributed by atoms with Gasteiger partial charge in [0.25, 0.3) is 0 Å². The van der Waals surface area contributed by atoms with Crippen LogP contribution >= 0.6 is 0 Å². The summed E-state index contributed by atoms with van der Waals surface area (Å²) in [6.07, 6.45) is 1.53. The van der Waals surface area contributed by atoms with Crippen LogP contribution in [0.5, 0.6) is 5.88 Å². The fourth-order valence-corrected chi connectivity index (χ4v) is 1.11. The van der Waals surface area contributed by atoms with Gasteiger partial charge in [0.2, 0.25) is 5.88 Å². The molecule has 1 heterocycles. The molecule has 0 unspecified atom stereocenters. The van der Waals surface area contributed by atoms with Crippen molar-refractivity contribution in [3.05, 3.63) is 36.5 Å². The highest BCUT2D eigenvalue weighted by atomic mass is 16.3. The SMILES string of the molecule is Nc1ccc(-n2nccc2O)cc1. The summed E-state index contributed by atoms with van der Waals surface area (Å²) in [4.78, 5) is 0. The minimum atomic E-state index is 0.116. The molecular formula is C9H9N3O. The Morgan fingerprint density at radius 2 is 1.85 bits per heavy atom. The van der Waals surface area contributed by atoms with Crippen LogP contribution in [0.2, 0.25) is 0 Å². The molecule has 4 nitrogen and oxygen atoms in total. The lowest BCUT2D eigenvalue weighted by Gasteiger charge is -2.02. The maximum absolute atomic E-state index is 9.34. The zero-order chi connectivity index (χ0) is 9.26. The van der Waals surface area contributed by atoms with Gasteiger partial charge in [-0.2, -0.15) is 5.10 Å². The summed E-state index contributed by atoms with van der Waals surface area (Å²) in [5.41, 5.74) is 7.00. The average Bonchev–Trinajstić information content (AvgIpc) is 2.53. The van der Waals surface area contributed by atoms with E-state index in [4.69, 9.17) is 5.73 Å². The summed E-state index contributed by atoms with van der Waals surface area (Å²) < 4.78 is 1.43. The number of aromatic nitrogens is 2. The summed E-state index contributed by atoms with van der Waals surface area (Å²) in [5, 5.41) is 13.3. The summed E-state index contributed by atoms with van der Waals surface area (Å²) in [6.45, 7) is 0. The van der Waals surface area contributed by atoms with E-state index in [2.05, 4.69) is 5.10 Å². The number of anilines is 1. The molecule has 66 valence electrons. The summed E-state index contributed by atoms with van der Waals surface area (Å²) in [6, 6.07) is 8.63. The number of hydrogen-bond donors (Lipinski definition) is 2. The first-order chi connectivity index (χ1) is 6.27. The van der Waals surface area contributed by atoms with E-state index in [9.17, 15) is 5.11 Å². The Balaban J connectivity index is 2.47. The van der Waals surface area contributed by atoms with Crippen molar-refractivity contribution in [2.45, 2.75) is 0 Å². The van der Waals surface area contributed by atoms with Crippen molar-refractivity contribution in [2.24, 2.45) is 0 Å². The largest absolute Gasteiger partial charge is 0.493 e. The van der Waals surface area contributed by atoms with E-state index in [0.717, 1.165) is 5.69 Å². The van der Waals surface area contributed by atoms with Crippen molar-refractivity contribution in [1.29, 1.82) is 0 Å². The maximum atomic E-state index is 9.34. The predicted molar refractivity (Wildman–Crippen MR) is 49.6 cm³/mol. The lowest BCUT2D eigenvalue weighted by Crippen LogP contribution is -1.95. The maximum Gasteiger partial charge on any atom is 0.214 e. The normalized spacial score (nSPS) is 10.2. The van der Waals surface area contributed by atoms with Crippen LogP contribution in [-0.2, 0) is 0 Å². The van der Waals surface area contributed by atoms with Gasteiger partial charge in [-0.3, -0.25) is 0 Å². The van der Waals surface area contributed by atoms with Gasteiger partial charge in [-0.25, -0.2) is 4.68 Å². The van der Waals surface area contributed by atoms with E-state index >= 15 is 0 Å². The summed E-state index contributed by atoms with van der Waals surface area (Å²) >= 11 is 0. The van der Waals surface area contributed by atoms with E-state index < -0.39 is 0 Å². The van der Waals surface area contributed by atoms with Crippen LogP contribution in [0.1, 0.15) is 0 Å². The molecule has 1 aromatic carbocycles. The van der Waals surface area contributed by atoms with Crippen LogP contribution in [0.15, 0.2) is 36.5 Å². The van der Waals surface area contributed by atoms with Gasteiger partial charge >= 0.3 is 0 Å². The van der Waals surface area contributed by atoms with Crippen molar-refractivity contribution in [2.75, 3.05) is 5.73 Å². The number of hydrogen-bond acceptors (Lipinski definition) is 3. The minimum absolute atomic E-state index is 0.116. The number of nitrogen functional groups attached to an aromatic ring is 1. The van der Waals surface area contributed by atoms with Gasteiger partial charge in [0, 0.05) is 11.8 Å². The second kappa shape index (κ2) is 2.82. The number of nitrogens with two attached hydrogens (primary N) is 1. The van der Waals surface area contributed by atoms with Gasteiger partial charge in [0.05, 0.1) is 11.9 Å². The van der Waals surface area contributed by atoms with Crippen LogP contribution in [-0.4, -0.2) is 14.9 Å². The molecule has 0 bridgehead atoms. The Morgan fingerprint density at radius 1 is 1.15 bits per heavy atom. The van der Waals surface area contributed by atoms with Gasteiger partial charge in [0.15, 0.2) is 0 Å². The lowest BCUT2D eigenvalue weighted by molar-refractivity contribution is 0.433. The zero-order valence-corrected chi connectivity index (χ0v) is 6.88. The molecule has 13 heavy (non-hydrogen) atoms. The van der Waals surface area contributed by atoms with Crippen molar-refractivity contribution in [3.8, 4) is 11.6 Å². The van der Waals surface area contributed by atoms with Gasteiger partial charge in [0.1, 0.15) is 0 Å². The highest BCUT2D eigenvalue weighted by Gasteiger charge is 2.01. The standard InChI is InChI=1S/C9H9N3O/c10-7-1-3-8(4-2-7)12-9(13)5-6-11-12/h1-6,13H,10H2. The first-order valence-corrected chi connectivity index (χ1v) is 3.86. The highest BCUT2D eigenvalue weighted by molar-refractivity contribution is 5.45. The molecule has 0 aliphatic carbocycles. The van der Waals surface area contributed by atoms with Crippen LogP contribution in [0.25, 0.3) is 5.69 Å². The fraction of sp³-hybridized carbons (Fsp3) is 0. The monoisotopic (exact) mass is 175 g/mol. The molecule has 0 aliphatic heterocycles. The van der Waals surface area contributed by atoms with Crippen molar-refractivity contribution < 1.29 is 5.11 Å². The summed E-state index contributed by atoms with van der Waals surface area (Å²) in [5.74, 6) is 0.116. The van der Waals surface area contributed by atoms with Gasteiger partial charge in [-0.1, -0.05) is 0 Å². The van der Waals surface area contributed by atoms with Crippen molar-refractivity contribution in [1.82, 2.24) is 9.78 Å². The van der Waals surface area contributed by atoms with Gasteiger partial charge in [-0.05, 0) is 24.3 Å². The molecule has 2 aromatic rings. The molecule has 0 atom stereocenters. The zero-order valence-electron chi connectivity index (χ0n) is 6.88. The first kappa shape index (κ1) is 7.67. The van der Waals surface area contributed by atoms with E-state index in [1.807, 2.05) is 0 Å². The van der Waals surface area contributed by atoms with E-state index in [0.29, 0.717) is 5.69 Å². The molecule has 1 aromatic heterocycles. The van der Waals surface area contributed by atoms with Crippen LogP contribution in [0.4, 0.5) is 5.69 Å². The topological polar surface area (TPSA) is 64.1 Å². The molecule has 2 rings (SSSR count). The number of aromatic hydroxyl groups is 1. The summed E-state index contributed by atoms with van der Waals surface area (Å²) in [7, 11) is 0. The highest BCUT2D eigenvalue weighted by Crippen LogP contribution is 2.15. The molecule has 0 saturated carbocycles. The Hall–Kier alpha value is -1.97. The van der Waals surface area contributed by atoms with Crippen molar-refractivity contribution >= 4 is 5.69 Å². The smallest absolute Gasteiger partial charge is 0.214 e. The van der Waals surface area contributed by atoms with Crippen LogP contribution < -0.4 is 5.73 Å². The number of rotatable bonds is 1. The molecule has 0 spiro atoms. The van der Waals surface area contributed by atoms with Gasteiger partial charge < -0.3 is 10.8 Å². The molecule has 4 heteroatoms. The average molecular weight is 175 g/mol. The Labute approximate surface area is 75.2 Å². The minimum Gasteiger partial charge on any atom is -0.493 e. The molecule has 3 N–H and O–H groups in total. The third kappa shape index (κ3) is 1.33. The van der Waals surface area contributed by atoms with E-state index in [-0.39, 0.29) is 5.88 Å². The number of benzene rings is 1. The van der Waals surface area contributed by atoms with Crippen molar-refractivity contribution in [3.63, 3.8) is 0 Å². The van der Waals surface area contributed by atoms with Crippen LogP contribution in [0, 0.1) is 0 Å². The Bertz CT molecular complexity index is 405. The van der Waals surface area contributed by atoms with E-state index in [1.165, 1.54) is 16.9 Å². The molecular weight excluding hydrogens is 166 g/mol. The van der Waals surface area contributed by atoms with E-state index in [1.54, 1.807) is 24.3 Å². The third-order valence-electron chi connectivity index (χ3n) is 1.76. The second-order valence-corrected chi connectivity index (χ2v) is 2.69. The predicted octanol–water partition coefficient (Wildman–Crippen LogP) is 1.16. The third-order valence-corrected chi connectivity index (χ3v) is 1.76. The van der Waals surface area contributed by atoms with Gasteiger partial charge in [-0.15, -0.1) is 0 Å². The molecule has 0 radical (unpaired) electrons. The first-order valence-electron chi connectivity index (χ1n) is 3.86. The Kier molecular flexibility index (Phi) is 1.66. The molecule has 0 saturated heterocycles. The molecule has 0 amide bonds. The Morgan fingerprint density at radius 3 is 2.38 bits per heavy atom.